The van der Waals surface area contributed by atoms with Gasteiger partial charge in [-0.1, -0.05) is 11.6 Å². The molecule has 0 unspecified atom stereocenters. The fraction of sp³-hybridized carbons (Fsp3) is 0.625. The molecule has 19 heavy (non-hydrogen) atoms. The number of hydrogen-bond acceptors (Lipinski definition) is 3. The molecule has 3 heteroatoms. The van der Waals surface area contributed by atoms with Crippen LogP contribution in [0.1, 0.15) is 45.4 Å². The SMILES string of the molecule is CC1=CCN(Cc2occc2CNC(C)(C)C)CC1. The number of rotatable bonds is 4. The molecule has 0 aliphatic carbocycles. The van der Waals surface area contributed by atoms with Crippen molar-refractivity contribution in [1.82, 2.24) is 10.2 Å². The predicted molar refractivity (Wildman–Crippen MR) is 79.0 cm³/mol. The van der Waals surface area contributed by atoms with Crippen LogP contribution in [0.3, 0.4) is 0 Å². The summed E-state index contributed by atoms with van der Waals surface area (Å²) in [6.45, 7) is 12.7. The van der Waals surface area contributed by atoms with Crippen LogP contribution in [0, 0.1) is 0 Å². The molecule has 1 aromatic heterocycles. The Kier molecular flexibility index (Phi) is 4.48. The van der Waals surface area contributed by atoms with Crippen molar-refractivity contribution in [1.29, 1.82) is 0 Å². The molecule has 3 nitrogen and oxygen atoms in total. The van der Waals surface area contributed by atoms with Crippen LogP contribution in [-0.2, 0) is 13.1 Å². The summed E-state index contributed by atoms with van der Waals surface area (Å²) in [7, 11) is 0. The minimum atomic E-state index is 0.138. The van der Waals surface area contributed by atoms with Crippen LogP contribution in [0.25, 0.3) is 0 Å². The van der Waals surface area contributed by atoms with Gasteiger partial charge >= 0.3 is 0 Å². The van der Waals surface area contributed by atoms with Crippen molar-refractivity contribution in [2.75, 3.05) is 13.1 Å². The molecule has 1 aliphatic heterocycles. The van der Waals surface area contributed by atoms with E-state index >= 15 is 0 Å². The Hall–Kier alpha value is -1.06. The molecule has 0 bridgehead atoms. The third-order valence-electron chi connectivity index (χ3n) is 3.53. The van der Waals surface area contributed by atoms with Crippen LogP contribution < -0.4 is 5.32 Å². The van der Waals surface area contributed by atoms with Crippen molar-refractivity contribution in [3.05, 3.63) is 35.3 Å². The van der Waals surface area contributed by atoms with Crippen molar-refractivity contribution in [3.8, 4) is 0 Å². The minimum absolute atomic E-state index is 0.138. The molecule has 2 heterocycles. The van der Waals surface area contributed by atoms with Gasteiger partial charge in [0.25, 0.3) is 0 Å². The summed E-state index contributed by atoms with van der Waals surface area (Å²) in [6.07, 6.45) is 5.30. The van der Waals surface area contributed by atoms with Crippen LogP contribution in [0.2, 0.25) is 0 Å². The van der Waals surface area contributed by atoms with Gasteiger partial charge in [0.1, 0.15) is 5.76 Å². The molecular formula is C16H26N2O. The largest absolute Gasteiger partial charge is 0.468 e. The van der Waals surface area contributed by atoms with Crippen molar-refractivity contribution in [3.63, 3.8) is 0 Å². The second kappa shape index (κ2) is 5.93. The molecule has 106 valence electrons. The van der Waals surface area contributed by atoms with E-state index in [-0.39, 0.29) is 5.54 Å². The molecule has 2 rings (SSSR count). The van der Waals surface area contributed by atoms with Crippen molar-refractivity contribution >= 4 is 0 Å². The lowest BCUT2D eigenvalue weighted by molar-refractivity contribution is 0.259. The predicted octanol–water partition coefficient (Wildman–Crippen LogP) is 3.32. The summed E-state index contributed by atoms with van der Waals surface area (Å²) in [4.78, 5) is 2.44. The lowest BCUT2D eigenvalue weighted by Crippen LogP contribution is -2.35. The highest BCUT2D eigenvalue weighted by Gasteiger charge is 2.16. The van der Waals surface area contributed by atoms with Crippen LogP contribution >= 0.6 is 0 Å². The zero-order valence-electron chi connectivity index (χ0n) is 12.6. The number of furan rings is 1. The number of nitrogens with zero attached hydrogens (tertiary/aromatic N) is 1. The Morgan fingerprint density at radius 3 is 2.79 bits per heavy atom. The number of hydrogen-bond donors (Lipinski definition) is 1. The first-order valence-electron chi connectivity index (χ1n) is 7.12. The minimum Gasteiger partial charge on any atom is -0.468 e. The third kappa shape index (κ3) is 4.51. The van der Waals surface area contributed by atoms with Crippen LogP contribution in [-0.4, -0.2) is 23.5 Å². The van der Waals surface area contributed by atoms with Crippen molar-refractivity contribution < 1.29 is 4.42 Å². The molecule has 0 saturated heterocycles. The van der Waals surface area contributed by atoms with Gasteiger partial charge in [0.05, 0.1) is 12.8 Å². The third-order valence-corrected chi connectivity index (χ3v) is 3.53. The quantitative estimate of drug-likeness (QED) is 0.844. The Labute approximate surface area is 116 Å². The molecule has 0 radical (unpaired) electrons. The Morgan fingerprint density at radius 1 is 1.37 bits per heavy atom. The summed E-state index contributed by atoms with van der Waals surface area (Å²) < 4.78 is 5.66. The van der Waals surface area contributed by atoms with E-state index in [9.17, 15) is 0 Å². The van der Waals surface area contributed by atoms with E-state index in [2.05, 4.69) is 50.1 Å². The van der Waals surface area contributed by atoms with E-state index in [1.807, 2.05) is 0 Å². The zero-order valence-corrected chi connectivity index (χ0v) is 12.6. The molecular weight excluding hydrogens is 236 g/mol. The summed E-state index contributed by atoms with van der Waals surface area (Å²) in [5.41, 5.74) is 2.92. The Morgan fingerprint density at radius 2 is 2.16 bits per heavy atom. The Bertz CT molecular complexity index is 440. The molecule has 0 saturated carbocycles. The van der Waals surface area contributed by atoms with Gasteiger partial charge in [0.15, 0.2) is 0 Å². The number of nitrogens with one attached hydrogen (secondary N) is 1. The highest BCUT2D eigenvalue weighted by Crippen LogP contribution is 2.17. The first-order valence-corrected chi connectivity index (χ1v) is 7.12. The topological polar surface area (TPSA) is 28.4 Å². The van der Waals surface area contributed by atoms with Gasteiger partial charge in [-0.2, -0.15) is 0 Å². The molecule has 1 aromatic rings. The lowest BCUT2D eigenvalue weighted by Gasteiger charge is -2.25. The molecule has 1 N–H and O–H groups in total. The first-order chi connectivity index (χ1) is 8.94. The van der Waals surface area contributed by atoms with Crippen LogP contribution in [0.4, 0.5) is 0 Å². The lowest BCUT2D eigenvalue weighted by atomic mass is 10.1. The van der Waals surface area contributed by atoms with Gasteiger partial charge in [0, 0.05) is 30.7 Å². The van der Waals surface area contributed by atoms with Crippen LogP contribution in [0.15, 0.2) is 28.4 Å². The summed E-state index contributed by atoms with van der Waals surface area (Å²) in [5.74, 6) is 1.10. The normalized spacial score (nSPS) is 17.6. The molecule has 0 fully saturated rings. The average Bonchev–Trinajstić information content (AvgIpc) is 2.76. The van der Waals surface area contributed by atoms with Gasteiger partial charge < -0.3 is 9.73 Å². The molecule has 0 amide bonds. The zero-order chi connectivity index (χ0) is 13.9. The van der Waals surface area contributed by atoms with E-state index in [1.165, 1.54) is 17.6 Å². The molecule has 0 spiro atoms. The molecule has 1 aliphatic rings. The molecule has 0 atom stereocenters. The van der Waals surface area contributed by atoms with E-state index in [0.29, 0.717) is 0 Å². The standard InChI is InChI=1S/C16H26N2O/c1-13-5-8-18(9-6-13)12-15-14(7-10-19-15)11-17-16(2,3)4/h5,7,10,17H,6,8-9,11-12H2,1-4H3. The molecule has 0 aromatic carbocycles. The average molecular weight is 262 g/mol. The van der Waals surface area contributed by atoms with E-state index in [4.69, 9.17) is 4.42 Å². The van der Waals surface area contributed by atoms with Crippen molar-refractivity contribution in [2.24, 2.45) is 0 Å². The van der Waals surface area contributed by atoms with E-state index in [0.717, 1.165) is 31.9 Å². The summed E-state index contributed by atoms with van der Waals surface area (Å²) in [6, 6.07) is 2.08. The Balaban J connectivity index is 1.92. The fourth-order valence-corrected chi connectivity index (χ4v) is 2.18. The first kappa shape index (κ1) is 14.4. The van der Waals surface area contributed by atoms with Crippen LogP contribution in [0.5, 0.6) is 0 Å². The fourth-order valence-electron chi connectivity index (χ4n) is 2.18. The summed E-state index contributed by atoms with van der Waals surface area (Å²) >= 11 is 0. The second-order valence-electron chi connectivity index (χ2n) is 6.51. The van der Waals surface area contributed by atoms with E-state index < -0.39 is 0 Å². The van der Waals surface area contributed by atoms with Crippen molar-refractivity contribution in [2.45, 2.75) is 52.7 Å². The monoisotopic (exact) mass is 262 g/mol. The maximum absolute atomic E-state index is 5.66. The van der Waals surface area contributed by atoms with Gasteiger partial charge in [-0.15, -0.1) is 0 Å². The van der Waals surface area contributed by atoms with Gasteiger partial charge in [-0.3, -0.25) is 4.90 Å². The van der Waals surface area contributed by atoms with Gasteiger partial charge in [-0.05, 0) is 40.2 Å². The highest BCUT2D eigenvalue weighted by atomic mass is 16.3. The van der Waals surface area contributed by atoms with E-state index in [1.54, 1.807) is 6.26 Å². The highest BCUT2D eigenvalue weighted by molar-refractivity contribution is 5.17. The van der Waals surface area contributed by atoms with Gasteiger partial charge in [-0.25, -0.2) is 0 Å². The maximum Gasteiger partial charge on any atom is 0.122 e. The second-order valence-corrected chi connectivity index (χ2v) is 6.51. The van der Waals surface area contributed by atoms with Gasteiger partial charge in [0.2, 0.25) is 0 Å². The summed E-state index contributed by atoms with van der Waals surface area (Å²) in [5, 5.41) is 3.52. The maximum atomic E-state index is 5.66. The smallest absolute Gasteiger partial charge is 0.122 e.